The predicted molar refractivity (Wildman–Crippen MR) is 129 cm³/mol. The van der Waals surface area contributed by atoms with Gasteiger partial charge in [0.25, 0.3) is 7.37 Å². The number of rotatable bonds is 4. The molecule has 1 unspecified atom stereocenters. The lowest BCUT2D eigenvalue weighted by Crippen LogP contribution is -2.26. The summed E-state index contributed by atoms with van der Waals surface area (Å²) in [5, 5.41) is 0. The molecule has 0 spiro atoms. The lowest BCUT2D eigenvalue weighted by Gasteiger charge is -2.35. The Bertz CT molecular complexity index is 1230. The highest BCUT2D eigenvalue weighted by molar-refractivity contribution is 7.78. The molecule has 160 valence electrons. The van der Waals surface area contributed by atoms with Gasteiger partial charge in [-0.1, -0.05) is 91.0 Å². The maximum absolute atomic E-state index is 14.7. The van der Waals surface area contributed by atoms with Gasteiger partial charge in [0.15, 0.2) is 5.76 Å². The van der Waals surface area contributed by atoms with Crippen molar-refractivity contribution in [3.63, 3.8) is 0 Å². The van der Waals surface area contributed by atoms with E-state index < -0.39 is 7.37 Å². The van der Waals surface area contributed by atoms with Crippen LogP contribution in [-0.4, -0.2) is 16.9 Å². The molecule has 32 heavy (non-hydrogen) atoms. The minimum atomic E-state index is -3.47. The Hall–Kier alpha value is -3.23. The highest BCUT2D eigenvalue weighted by Gasteiger charge is 2.46. The summed E-state index contributed by atoms with van der Waals surface area (Å²) in [6, 6.07) is 29.1. The molecule has 2 aliphatic rings. The lowest BCUT2D eigenvalue weighted by atomic mass is 9.99. The van der Waals surface area contributed by atoms with E-state index in [0.717, 1.165) is 23.1 Å². The van der Waals surface area contributed by atoms with Crippen LogP contribution in [0.1, 0.15) is 42.4 Å². The van der Waals surface area contributed by atoms with Crippen LogP contribution in [0.25, 0.3) is 11.5 Å². The van der Waals surface area contributed by atoms with Crippen LogP contribution in [0.5, 0.6) is 0 Å². The molecule has 1 heterocycles. The highest BCUT2D eigenvalue weighted by atomic mass is 31.2. The van der Waals surface area contributed by atoms with Gasteiger partial charge in [-0.15, -0.1) is 0 Å². The molecule has 0 saturated heterocycles. The Kier molecular flexibility index (Phi) is 5.63. The van der Waals surface area contributed by atoms with Crippen molar-refractivity contribution in [1.82, 2.24) is 0 Å². The van der Waals surface area contributed by atoms with Gasteiger partial charge >= 0.3 is 0 Å². The van der Waals surface area contributed by atoms with Crippen molar-refractivity contribution in [2.45, 2.75) is 31.3 Å². The van der Waals surface area contributed by atoms with Crippen LogP contribution >= 0.6 is 7.37 Å². The van der Waals surface area contributed by atoms with Gasteiger partial charge in [-0.05, 0) is 12.8 Å². The van der Waals surface area contributed by atoms with Gasteiger partial charge in [-0.25, -0.2) is 4.99 Å². The van der Waals surface area contributed by atoms with Crippen molar-refractivity contribution in [2.75, 3.05) is 0 Å². The van der Waals surface area contributed by atoms with Gasteiger partial charge in [0.05, 0.1) is 5.66 Å². The van der Waals surface area contributed by atoms with Crippen LogP contribution in [-0.2, 0) is 13.9 Å². The predicted octanol–water partition coefficient (Wildman–Crippen LogP) is 6.78. The molecule has 0 N–H and O–H groups in total. The molecule has 1 aliphatic carbocycles. The van der Waals surface area contributed by atoms with E-state index in [0.29, 0.717) is 29.8 Å². The monoisotopic (exact) mass is 441 g/mol. The van der Waals surface area contributed by atoms with Gasteiger partial charge in [0.1, 0.15) is 16.9 Å². The van der Waals surface area contributed by atoms with E-state index in [2.05, 4.69) is 0 Å². The molecule has 5 rings (SSSR count). The quantitative estimate of drug-likeness (QED) is 0.420. The topological polar surface area (TPSA) is 55.7 Å². The van der Waals surface area contributed by atoms with Crippen LogP contribution in [0.3, 0.4) is 0 Å². The van der Waals surface area contributed by atoms with Crippen molar-refractivity contribution in [3.8, 4) is 0 Å². The molecule has 1 aliphatic heterocycles. The third-order valence-electron chi connectivity index (χ3n) is 6.01. The van der Waals surface area contributed by atoms with E-state index in [-0.39, 0.29) is 17.9 Å². The van der Waals surface area contributed by atoms with Gasteiger partial charge in [-0.3, -0.25) is 9.36 Å². The molecule has 1 fully saturated rings. The third-order valence-corrected chi connectivity index (χ3v) is 8.81. The summed E-state index contributed by atoms with van der Waals surface area (Å²) in [6.07, 6.45) is 2.24. The largest absolute Gasteiger partial charge is 0.436 e. The summed E-state index contributed by atoms with van der Waals surface area (Å²) in [5.41, 5.74) is 3.24. The van der Waals surface area contributed by atoms with Crippen LogP contribution in [0, 0.1) is 0 Å². The number of nitrogens with zero attached hydrogens (tertiary/aromatic N) is 1. The fourth-order valence-corrected chi connectivity index (χ4v) is 7.15. The minimum absolute atomic E-state index is 0.145. The molecule has 0 radical (unpaired) electrons. The summed E-state index contributed by atoms with van der Waals surface area (Å²) in [4.78, 5) is 17.3. The number of hydrogen-bond donors (Lipinski definition) is 0. The Morgan fingerprint density at radius 1 is 0.781 bits per heavy atom. The minimum Gasteiger partial charge on any atom is -0.436 e. The van der Waals surface area contributed by atoms with Crippen LogP contribution in [0.2, 0.25) is 0 Å². The number of benzene rings is 3. The highest BCUT2D eigenvalue weighted by Crippen LogP contribution is 2.64. The number of Topliss-reactive ketones (excluding diaryl/α,β-unsaturated/α-hetero) is 1. The maximum Gasteiger partial charge on any atom is 0.299 e. The average molecular weight is 441 g/mol. The average Bonchev–Trinajstić information content (AvgIpc) is 2.85. The molecule has 0 bridgehead atoms. The van der Waals surface area contributed by atoms with Gasteiger partial charge in [0.2, 0.25) is 0 Å². The Morgan fingerprint density at radius 3 is 1.94 bits per heavy atom. The molecule has 3 aromatic carbocycles. The number of carbonyl (C=O) groups excluding carboxylic acids is 1. The number of aliphatic imine (C=N–C) groups is 1. The van der Waals surface area contributed by atoms with E-state index >= 15 is 0 Å². The summed E-state index contributed by atoms with van der Waals surface area (Å²) >= 11 is 0. The van der Waals surface area contributed by atoms with E-state index in [1.165, 1.54) is 0 Å². The van der Waals surface area contributed by atoms with Crippen molar-refractivity contribution >= 4 is 30.1 Å². The fraction of sp³-hybridized carbons (Fsp3) is 0.185. The summed E-state index contributed by atoms with van der Waals surface area (Å²) in [6.45, 7) is 0. The molecule has 4 nitrogen and oxygen atoms in total. The zero-order chi connectivity index (χ0) is 22.0. The smallest absolute Gasteiger partial charge is 0.299 e. The molecular weight excluding hydrogens is 417 g/mol. The molecule has 3 aromatic rings. The van der Waals surface area contributed by atoms with Gasteiger partial charge in [-0.2, -0.15) is 0 Å². The second-order valence-electron chi connectivity index (χ2n) is 8.19. The molecule has 0 aromatic heterocycles. The van der Waals surface area contributed by atoms with E-state index in [1.54, 1.807) is 0 Å². The number of ketones is 1. The van der Waals surface area contributed by atoms with Crippen LogP contribution < -0.4 is 0 Å². The van der Waals surface area contributed by atoms with E-state index in [4.69, 9.17) is 9.52 Å². The summed E-state index contributed by atoms with van der Waals surface area (Å²) < 4.78 is 21.2. The SMILES string of the molecule is O=C1CCCC([P@@]2(=O)OC(c3ccccc3)=C(c3ccccc3)N=C2c2ccccc2)C1. The van der Waals surface area contributed by atoms with Crippen molar-refractivity contribution in [1.29, 1.82) is 0 Å². The first kappa shape index (κ1) is 20.7. The molecule has 1 saturated carbocycles. The normalized spacial score (nSPS) is 23.4. The maximum atomic E-state index is 14.7. The zero-order valence-corrected chi connectivity index (χ0v) is 18.6. The first-order valence-electron chi connectivity index (χ1n) is 11.0. The zero-order valence-electron chi connectivity index (χ0n) is 17.7. The summed E-state index contributed by atoms with van der Waals surface area (Å²) in [5.74, 6) is 0.657. The van der Waals surface area contributed by atoms with E-state index in [9.17, 15) is 9.36 Å². The van der Waals surface area contributed by atoms with Crippen LogP contribution in [0.4, 0.5) is 0 Å². The second kappa shape index (κ2) is 8.72. The van der Waals surface area contributed by atoms with E-state index in [1.807, 2.05) is 91.0 Å². The number of hydrogen-bond acceptors (Lipinski definition) is 4. The standard InChI is InChI=1S/C27H24NO3P/c29-23-17-10-18-24(19-23)32(30)27(22-15-8-3-9-16-22)28-25(20-11-4-1-5-12-20)26(31-32)21-13-6-2-7-14-21/h1-9,11-16,24H,10,17-19H2/t24?,32-/m1/s1. The molecular formula is C27H24NO3P. The Labute approximate surface area is 188 Å². The Morgan fingerprint density at radius 2 is 1.34 bits per heavy atom. The molecule has 0 amide bonds. The first-order chi connectivity index (χ1) is 15.6. The fourth-order valence-electron chi connectivity index (χ4n) is 4.39. The molecule has 2 atom stereocenters. The van der Waals surface area contributed by atoms with Crippen molar-refractivity contribution < 1.29 is 13.9 Å². The first-order valence-corrected chi connectivity index (χ1v) is 12.7. The summed E-state index contributed by atoms with van der Waals surface area (Å²) in [7, 11) is -3.47. The number of carbonyl (C=O) groups is 1. The molecule has 5 heteroatoms. The Balaban J connectivity index is 1.74. The van der Waals surface area contributed by atoms with Gasteiger partial charge < -0.3 is 4.52 Å². The van der Waals surface area contributed by atoms with Crippen molar-refractivity contribution in [3.05, 3.63) is 108 Å². The van der Waals surface area contributed by atoms with Crippen molar-refractivity contribution in [2.24, 2.45) is 4.99 Å². The van der Waals surface area contributed by atoms with Crippen LogP contribution in [0.15, 0.2) is 96.0 Å². The van der Waals surface area contributed by atoms with Gasteiger partial charge in [0, 0.05) is 29.5 Å². The second-order valence-corrected chi connectivity index (χ2v) is 10.7. The third kappa shape index (κ3) is 3.87. The lowest BCUT2D eigenvalue weighted by molar-refractivity contribution is -0.120.